The molecular formula is C37H50N4O3S. The maximum absolute atomic E-state index is 12.5. The van der Waals surface area contributed by atoms with Gasteiger partial charge in [-0.2, -0.15) is 0 Å². The quantitative estimate of drug-likeness (QED) is 0.121. The molecule has 3 aromatic carbocycles. The molecule has 0 bridgehead atoms. The van der Waals surface area contributed by atoms with Crippen molar-refractivity contribution in [2.24, 2.45) is 0 Å². The van der Waals surface area contributed by atoms with Gasteiger partial charge in [0, 0.05) is 36.4 Å². The minimum absolute atomic E-state index is 0.0982. The van der Waals surface area contributed by atoms with Gasteiger partial charge in [-0.25, -0.2) is 8.42 Å². The van der Waals surface area contributed by atoms with E-state index in [-0.39, 0.29) is 5.91 Å². The lowest BCUT2D eigenvalue weighted by Gasteiger charge is -2.15. The first-order chi connectivity index (χ1) is 21.3. The van der Waals surface area contributed by atoms with Crippen LogP contribution in [0.4, 0.5) is 5.69 Å². The number of hydrogen-bond donors (Lipinski definition) is 3. The average Bonchev–Trinajstić information content (AvgIpc) is 3.34. The highest BCUT2D eigenvalue weighted by Gasteiger charge is 2.17. The van der Waals surface area contributed by atoms with Gasteiger partial charge >= 0.3 is 0 Å². The third kappa shape index (κ3) is 9.68. The molecule has 1 aromatic heterocycles. The molecule has 3 N–H and O–H groups in total. The first-order valence-electron chi connectivity index (χ1n) is 16.1. The number of unbranched alkanes of at least 4 members (excludes halogenated alkanes) is 1. The number of fused-ring (bicyclic) bond motifs is 1. The zero-order valence-electron chi connectivity index (χ0n) is 28.0. The zero-order chi connectivity index (χ0) is 32.7. The Labute approximate surface area is 269 Å². The van der Waals surface area contributed by atoms with Crippen LogP contribution in [0.2, 0.25) is 0 Å². The van der Waals surface area contributed by atoms with Gasteiger partial charge in [0.2, 0.25) is 15.9 Å². The number of benzene rings is 3. The molecule has 0 radical (unpaired) electrons. The highest BCUT2D eigenvalue weighted by molar-refractivity contribution is 7.92. The maximum Gasteiger partial charge on any atom is 0.229 e. The molecule has 4 aromatic rings. The zero-order valence-corrected chi connectivity index (χ0v) is 28.8. The van der Waals surface area contributed by atoms with Gasteiger partial charge in [-0.05, 0) is 120 Å². The van der Waals surface area contributed by atoms with E-state index in [1.165, 1.54) is 38.9 Å². The summed E-state index contributed by atoms with van der Waals surface area (Å²) in [6, 6.07) is 21.0. The second-order valence-corrected chi connectivity index (χ2v) is 14.8. The Kier molecular flexibility index (Phi) is 11.5. The number of nitrogens with zero attached hydrogens (tertiary/aromatic N) is 1. The summed E-state index contributed by atoms with van der Waals surface area (Å²) in [6.45, 7) is 10.8. The van der Waals surface area contributed by atoms with Crippen molar-refractivity contribution in [1.82, 2.24) is 15.2 Å². The third-order valence-electron chi connectivity index (χ3n) is 8.30. The van der Waals surface area contributed by atoms with Crippen molar-refractivity contribution in [2.75, 3.05) is 38.2 Å². The highest BCUT2D eigenvalue weighted by atomic mass is 32.2. The Morgan fingerprint density at radius 2 is 1.47 bits per heavy atom. The molecule has 4 rings (SSSR count). The molecule has 242 valence electrons. The fourth-order valence-electron chi connectivity index (χ4n) is 5.60. The lowest BCUT2D eigenvalue weighted by atomic mass is 9.91. The average molecular weight is 631 g/mol. The van der Waals surface area contributed by atoms with Crippen LogP contribution in [0.5, 0.6) is 0 Å². The number of nitrogens with one attached hydrogen (secondary N) is 3. The molecule has 0 aliphatic carbocycles. The van der Waals surface area contributed by atoms with Crippen LogP contribution < -0.4 is 10.0 Å². The summed E-state index contributed by atoms with van der Waals surface area (Å²) in [5, 5.41) is 4.84. The molecule has 7 nitrogen and oxygen atoms in total. The lowest BCUT2D eigenvalue weighted by molar-refractivity contribution is -0.127. The van der Waals surface area contributed by atoms with E-state index in [0.29, 0.717) is 23.9 Å². The van der Waals surface area contributed by atoms with E-state index in [4.69, 9.17) is 0 Å². The van der Waals surface area contributed by atoms with Crippen LogP contribution in [0.3, 0.4) is 0 Å². The first-order valence-corrected chi connectivity index (χ1v) is 18.0. The van der Waals surface area contributed by atoms with Gasteiger partial charge in [0.1, 0.15) is 0 Å². The molecule has 0 spiro atoms. The summed E-state index contributed by atoms with van der Waals surface area (Å²) in [7, 11) is 0.338. The van der Waals surface area contributed by atoms with E-state index in [9.17, 15) is 13.2 Å². The molecule has 0 unspecified atom stereocenters. The van der Waals surface area contributed by atoms with Crippen molar-refractivity contribution in [3.63, 3.8) is 0 Å². The monoisotopic (exact) mass is 630 g/mol. The number of anilines is 1. The van der Waals surface area contributed by atoms with Crippen molar-refractivity contribution in [1.29, 1.82) is 0 Å². The largest absolute Gasteiger partial charge is 0.354 e. The van der Waals surface area contributed by atoms with Crippen molar-refractivity contribution < 1.29 is 13.2 Å². The minimum atomic E-state index is -3.26. The maximum atomic E-state index is 12.5. The van der Waals surface area contributed by atoms with E-state index < -0.39 is 10.0 Å². The molecule has 45 heavy (non-hydrogen) atoms. The third-order valence-corrected chi connectivity index (χ3v) is 8.91. The topological polar surface area (TPSA) is 94.3 Å². The van der Waals surface area contributed by atoms with Gasteiger partial charge < -0.3 is 15.2 Å². The van der Waals surface area contributed by atoms with Crippen molar-refractivity contribution >= 4 is 32.5 Å². The van der Waals surface area contributed by atoms with Gasteiger partial charge in [0.15, 0.2) is 0 Å². The molecule has 0 aliphatic heterocycles. The predicted molar refractivity (Wildman–Crippen MR) is 189 cm³/mol. The van der Waals surface area contributed by atoms with E-state index in [1.54, 1.807) is 19.0 Å². The van der Waals surface area contributed by atoms with Gasteiger partial charge in [-0.1, -0.05) is 52.0 Å². The van der Waals surface area contributed by atoms with Crippen molar-refractivity contribution in [3.05, 3.63) is 88.5 Å². The number of H-pyrrole nitrogens is 1. The highest BCUT2D eigenvalue weighted by Crippen LogP contribution is 2.35. The molecule has 0 saturated heterocycles. The number of carbonyl (C=O) groups is 1. The van der Waals surface area contributed by atoms with Gasteiger partial charge in [-0.15, -0.1) is 0 Å². The fraction of sp³-hybridized carbons (Fsp3) is 0.432. The predicted octanol–water partition coefficient (Wildman–Crippen LogP) is 7.24. The van der Waals surface area contributed by atoms with Crippen LogP contribution in [0.1, 0.15) is 80.2 Å². The molecule has 0 fully saturated rings. The van der Waals surface area contributed by atoms with E-state index in [2.05, 4.69) is 79.1 Å². The number of aryl methyl sites for hydroxylation is 1. The van der Waals surface area contributed by atoms with Crippen LogP contribution in [-0.4, -0.2) is 57.6 Å². The number of aromatic amines is 1. The first kappa shape index (κ1) is 34.3. The number of hydrogen-bond acceptors (Lipinski definition) is 4. The molecule has 0 aliphatic rings. The standard InChI is InChI=1S/C37H50N4O3S/c1-25(2)29-22-30(26(3)4)24-31(23-29)37-33(34-20-28(13-16-35(34)39-37)21-36(42)41(5)6)17-19-38-18-9-8-10-27-11-14-32(15-12-27)40-45(7,43)44/h11-16,20,22-26,38-40H,8-10,17-19,21H2,1-7H3. The number of sulfonamides is 1. The van der Waals surface area contributed by atoms with Gasteiger partial charge in [0.05, 0.1) is 12.7 Å². The number of likely N-dealkylation sites (N-methyl/N-ethyl adjacent to an activating group) is 1. The number of carbonyl (C=O) groups excluding carboxylic acids is 1. The second-order valence-electron chi connectivity index (χ2n) is 13.0. The Balaban J connectivity index is 1.47. The van der Waals surface area contributed by atoms with Crippen LogP contribution in [0.15, 0.2) is 60.7 Å². The second kappa shape index (κ2) is 15.1. The van der Waals surface area contributed by atoms with Gasteiger partial charge in [-0.3, -0.25) is 9.52 Å². The SMILES string of the molecule is CC(C)c1cc(-c2[nH]c3ccc(CC(=O)N(C)C)cc3c2CCNCCCCc2ccc(NS(C)(=O)=O)cc2)cc(C(C)C)c1. The summed E-state index contributed by atoms with van der Waals surface area (Å²) in [6.07, 6.45) is 5.47. The van der Waals surface area contributed by atoms with Crippen molar-refractivity contribution in [2.45, 2.75) is 71.6 Å². The molecule has 1 heterocycles. The van der Waals surface area contributed by atoms with Gasteiger partial charge in [0.25, 0.3) is 0 Å². The summed E-state index contributed by atoms with van der Waals surface area (Å²) in [5.74, 6) is 0.964. The minimum Gasteiger partial charge on any atom is -0.354 e. The van der Waals surface area contributed by atoms with E-state index in [1.807, 2.05) is 24.3 Å². The summed E-state index contributed by atoms with van der Waals surface area (Å²) < 4.78 is 25.4. The summed E-state index contributed by atoms with van der Waals surface area (Å²) in [5.41, 5.74) is 10.3. The summed E-state index contributed by atoms with van der Waals surface area (Å²) in [4.78, 5) is 17.9. The van der Waals surface area contributed by atoms with Crippen LogP contribution in [0, 0.1) is 0 Å². The molecule has 1 amide bonds. The number of amides is 1. The van der Waals surface area contributed by atoms with Crippen LogP contribution in [0.25, 0.3) is 22.2 Å². The Bertz CT molecular complexity index is 1680. The molecule has 8 heteroatoms. The number of aromatic nitrogens is 1. The van der Waals surface area contributed by atoms with Crippen LogP contribution in [-0.2, 0) is 34.1 Å². The molecule has 0 atom stereocenters. The summed E-state index contributed by atoms with van der Waals surface area (Å²) >= 11 is 0. The fourth-order valence-corrected chi connectivity index (χ4v) is 6.17. The Morgan fingerprint density at radius 1 is 0.822 bits per heavy atom. The lowest BCUT2D eigenvalue weighted by Crippen LogP contribution is -2.23. The Morgan fingerprint density at radius 3 is 2.07 bits per heavy atom. The smallest absolute Gasteiger partial charge is 0.229 e. The van der Waals surface area contributed by atoms with E-state index in [0.717, 1.165) is 56.1 Å². The number of rotatable bonds is 15. The molecule has 0 saturated carbocycles. The normalized spacial score (nSPS) is 11.9. The van der Waals surface area contributed by atoms with Crippen molar-refractivity contribution in [3.8, 4) is 11.3 Å². The molecular weight excluding hydrogens is 580 g/mol. The Hall–Kier alpha value is -3.62. The van der Waals surface area contributed by atoms with Crippen LogP contribution >= 0.6 is 0 Å². The van der Waals surface area contributed by atoms with E-state index >= 15 is 0 Å².